The number of rotatable bonds is 6. The number of hydrogen-bond acceptors (Lipinski definition) is 4. The summed E-state index contributed by atoms with van der Waals surface area (Å²) in [5.74, 6) is 0.501. The predicted octanol–water partition coefficient (Wildman–Crippen LogP) is 1.49. The Balaban J connectivity index is 0.00000625. The van der Waals surface area contributed by atoms with Crippen LogP contribution >= 0.6 is 24.0 Å². The van der Waals surface area contributed by atoms with E-state index in [0.717, 1.165) is 0 Å². The van der Waals surface area contributed by atoms with Crippen molar-refractivity contribution in [1.29, 1.82) is 0 Å². The minimum atomic E-state index is -5.26. The second-order valence-corrected chi connectivity index (χ2v) is 8.72. The Morgan fingerprint density at radius 1 is 1.27 bits per heavy atom. The van der Waals surface area contributed by atoms with E-state index in [4.69, 9.17) is 0 Å². The summed E-state index contributed by atoms with van der Waals surface area (Å²) in [5, 5.41) is 15.4. The van der Waals surface area contributed by atoms with Crippen molar-refractivity contribution in [1.82, 2.24) is 14.9 Å². The summed E-state index contributed by atoms with van der Waals surface area (Å²) < 4.78 is 61.0. The first-order chi connectivity index (χ1) is 11.4. The highest BCUT2D eigenvalue weighted by Crippen LogP contribution is 2.28. The lowest BCUT2D eigenvalue weighted by molar-refractivity contribution is -0.0494. The van der Waals surface area contributed by atoms with E-state index >= 15 is 0 Å². The van der Waals surface area contributed by atoms with Crippen molar-refractivity contribution in [2.45, 2.75) is 45.2 Å². The van der Waals surface area contributed by atoms with E-state index in [0.29, 0.717) is 23.4 Å². The van der Waals surface area contributed by atoms with Gasteiger partial charge in [0, 0.05) is 37.7 Å². The third kappa shape index (κ3) is 7.35. The fourth-order valence-corrected chi connectivity index (χ4v) is 3.23. The Morgan fingerprint density at radius 3 is 2.23 bits per heavy atom. The molecule has 1 heterocycles. The summed E-state index contributed by atoms with van der Waals surface area (Å²) in [6.07, 6.45) is 0.506. The minimum Gasteiger partial charge on any atom is -0.396 e. The number of aliphatic hydroxyl groups is 1. The highest BCUT2D eigenvalue weighted by molar-refractivity contribution is 14.0. The van der Waals surface area contributed by atoms with Gasteiger partial charge < -0.3 is 15.7 Å². The number of aliphatic hydroxyl groups excluding tert-OH is 1. The van der Waals surface area contributed by atoms with Crippen LogP contribution in [0.4, 0.5) is 13.2 Å². The summed E-state index contributed by atoms with van der Waals surface area (Å²) in [5.41, 5.74) is -5.65. The second-order valence-electron chi connectivity index (χ2n) is 6.79. The Labute approximate surface area is 169 Å². The SMILES string of the molecule is CCNC(=NCC(C)(C)CO)NC1CCN(S(=O)(=O)C(F)(F)F)CC1.I. The molecular weight excluding hydrogens is 488 g/mol. The summed E-state index contributed by atoms with van der Waals surface area (Å²) in [6.45, 7) is 6.17. The third-order valence-electron chi connectivity index (χ3n) is 3.86. The fourth-order valence-electron chi connectivity index (χ4n) is 2.24. The monoisotopic (exact) mass is 516 g/mol. The number of sulfonamides is 1. The Bertz CT molecular complexity index is 562. The molecule has 1 aliphatic heterocycles. The molecule has 1 saturated heterocycles. The van der Waals surface area contributed by atoms with Crippen LogP contribution < -0.4 is 10.6 Å². The van der Waals surface area contributed by atoms with Gasteiger partial charge >= 0.3 is 15.5 Å². The van der Waals surface area contributed by atoms with Crippen molar-refractivity contribution in [3.05, 3.63) is 0 Å². The lowest BCUT2D eigenvalue weighted by Gasteiger charge is -2.32. The van der Waals surface area contributed by atoms with Gasteiger partial charge in [-0.05, 0) is 19.8 Å². The van der Waals surface area contributed by atoms with E-state index in [1.807, 2.05) is 20.8 Å². The molecule has 1 rings (SSSR count). The van der Waals surface area contributed by atoms with Crippen LogP contribution in [-0.2, 0) is 10.0 Å². The number of alkyl halides is 3. The van der Waals surface area contributed by atoms with Crippen LogP contribution in [0.5, 0.6) is 0 Å². The lowest BCUT2D eigenvalue weighted by atomic mass is 9.95. The van der Waals surface area contributed by atoms with Gasteiger partial charge in [-0.1, -0.05) is 13.8 Å². The van der Waals surface area contributed by atoms with E-state index in [-0.39, 0.29) is 68.0 Å². The van der Waals surface area contributed by atoms with Crippen molar-refractivity contribution in [3.63, 3.8) is 0 Å². The van der Waals surface area contributed by atoms with Crippen molar-refractivity contribution >= 4 is 40.0 Å². The number of aliphatic imine (C=N–C) groups is 1. The summed E-state index contributed by atoms with van der Waals surface area (Å²) in [6, 6.07) is -0.172. The van der Waals surface area contributed by atoms with Gasteiger partial charge in [-0.25, -0.2) is 8.42 Å². The van der Waals surface area contributed by atoms with Gasteiger partial charge in [-0.2, -0.15) is 17.5 Å². The zero-order valence-electron chi connectivity index (χ0n) is 15.1. The molecule has 12 heteroatoms. The van der Waals surface area contributed by atoms with Gasteiger partial charge in [0.15, 0.2) is 5.96 Å². The molecule has 0 atom stereocenters. The molecule has 0 aromatic rings. The molecule has 1 fully saturated rings. The molecule has 0 aromatic carbocycles. The van der Waals surface area contributed by atoms with Crippen molar-refractivity contribution in [3.8, 4) is 0 Å². The summed E-state index contributed by atoms with van der Waals surface area (Å²) in [7, 11) is -5.26. The number of guanidine groups is 1. The number of nitrogens with one attached hydrogen (secondary N) is 2. The Morgan fingerprint density at radius 2 is 1.81 bits per heavy atom. The molecule has 0 bridgehead atoms. The first-order valence-corrected chi connectivity index (χ1v) is 9.59. The standard InChI is InChI=1S/C14H27F3N4O3S.HI/c1-4-18-12(19-9-13(2,3)10-22)20-11-5-7-21(8-6-11)25(23,24)14(15,16)17;/h11,22H,4-10H2,1-3H3,(H2,18,19,20);1H. The Kier molecular flexibility index (Phi) is 10.1. The maximum absolute atomic E-state index is 12.6. The fraction of sp³-hybridized carbons (Fsp3) is 0.929. The molecule has 156 valence electrons. The average molecular weight is 516 g/mol. The molecule has 0 saturated carbocycles. The molecule has 7 nitrogen and oxygen atoms in total. The average Bonchev–Trinajstić information content (AvgIpc) is 2.52. The summed E-state index contributed by atoms with van der Waals surface area (Å²) in [4.78, 5) is 4.38. The quantitative estimate of drug-likeness (QED) is 0.283. The lowest BCUT2D eigenvalue weighted by Crippen LogP contribution is -2.51. The molecule has 1 aliphatic rings. The van der Waals surface area contributed by atoms with Crippen LogP contribution in [0.25, 0.3) is 0 Å². The van der Waals surface area contributed by atoms with Crippen LogP contribution in [0.3, 0.4) is 0 Å². The zero-order chi connectivity index (χ0) is 19.3. The van der Waals surface area contributed by atoms with E-state index in [1.54, 1.807) is 0 Å². The van der Waals surface area contributed by atoms with Gasteiger partial charge in [-0.3, -0.25) is 4.99 Å². The number of piperidine rings is 1. The van der Waals surface area contributed by atoms with Crippen LogP contribution in [0.1, 0.15) is 33.6 Å². The molecule has 0 aromatic heterocycles. The normalized spacial score (nSPS) is 18.3. The van der Waals surface area contributed by atoms with Gasteiger partial charge in [0.25, 0.3) is 0 Å². The van der Waals surface area contributed by atoms with E-state index in [9.17, 15) is 26.7 Å². The number of halogens is 4. The highest BCUT2D eigenvalue weighted by atomic mass is 127. The molecule has 0 spiro atoms. The van der Waals surface area contributed by atoms with Gasteiger partial charge in [0.05, 0.1) is 6.54 Å². The van der Waals surface area contributed by atoms with Gasteiger partial charge in [0.2, 0.25) is 0 Å². The number of nitrogens with zero attached hydrogens (tertiary/aromatic N) is 2. The first-order valence-electron chi connectivity index (χ1n) is 8.15. The maximum atomic E-state index is 12.6. The second kappa shape index (κ2) is 10.3. The van der Waals surface area contributed by atoms with Crippen molar-refractivity contribution in [2.24, 2.45) is 10.4 Å². The topological polar surface area (TPSA) is 94.0 Å². The van der Waals surface area contributed by atoms with Gasteiger partial charge in [-0.15, -0.1) is 24.0 Å². The van der Waals surface area contributed by atoms with Crippen molar-refractivity contribution in [2.75, 3.05) is 32.8 Å². The molecular formula is C14H28F3IN4O3S. The van der Waals surface area contributed by atoms with Gasteiger partial charge in [0.1, 0.15) is 0 Å². The van der Waals surface area contributed by atoms with Crippen LogP contribution in [0.15, 0.2) is 4.99 Å². The molecule has 0 unspecified atom stereocenters. The molecule has 0 radical (unpaired) electrons. The summed E-state index contributed by atoms with van der Waals surface area (Å²) >= 11 is 0. The van der Waals surface area contributed by atoms with E-state index < -0.39 is 15.5 Å². The highest BCUT2D eigenvalue weighted by Gasteiger charge is 2.50. The smallest absolute Gasteiger partial charge is 0.396 e. The van der Waals surface area contributed by atoms with Crippen LogP contribution in [-0.4, -0.2) is 68.1 Å². The maximum Gasteiger partial charge on any atom is 0.511 e. The molecule has 26 heavy (non-hydrogen) atoms. The molecule has 0 aliphatic carbocycles. The molecule has 3 N–H and O–H groups in total. The minimum absolute atomic E-state index is 0. The zero-order valence-corrected chi connectivity index (χ0v) is 18.3. The van der Waals surface area contributed by atoms with E-state index in [1.165, 1.54) is 0 Å². The first kappa shape index (κ1) is 25.7. The number of hydrogen-bond donors (Lipinski definition) is 3. The van der Waals surface area contributed by atoms with Crippen LogP contribution in [0, 0.1) is 5.41 Å². The van der Waals surface area contributed by atoms with Crippen molar-refractivity contribution < 1.29 is 26.7 Å². The largest absolute Gasteiger partial charge is 0.511 e. The molecule has 0 amide bonds. The van der Waals surface area contributed by atoms with Crippen LogP contribution in [0.2, 0.25) is 0 Å². The van der Waals surface area contributed by atoms with E-state index in [2.05, 4.69) is 15.6 Å². The third-order valence-corrected chi connectivity index (χ3v) is 5.49. The Hall–Kier alpha value is -0.340. The predicted molar refractivity (Wildman–Crippen MR) is 105 cm³/mol.